The average Bonchev–Trinajstić information content (AvgIpc) is 3.03. The molecule has 0 bridgehead atoms. The van der Waals surface area contributed by atoms with Gasteiger partial charge in [-0.1, -0.05) is 55.8 Å². The molecule has 0 saturated heterocycles. The van der Waals surface area contributed by atoms with E-state index in [1.54, 1.807) is 0 Å². The van der Waals surface area contributed by atoms with E-state index in [0.29, 0.717) is 6.04 Å². The Morgan fingerprint density at radius 1 is 1.11 bits per heavy atom. The van der Waals surface area contributed by atoms with Gasteiger partial charge >= 0.3 is 0 Å². The molecule has 3 aromatic rings. The van der Waals surface area contributed by atoms with Gasteiger partial charge in [0.2, 0.25) is 0 Å². The molecule has 2 heterocycles. The summed E-state index contributed by atoms with van der Waals surface area (Å²) in [4.78, 5) is 2.50. The molecule has 0 amide bonds. The number of nitrogens with zero attached hydrogens (tertiary/aromatic N) is 2. The maximum atomic E-state index is 6.39. The molecular weight excluding hydrogens is 354 g/mol. The van der Waals surface area contributed by atoms with Crippen LogP contribution in [0, 0.1) is 0 Å². The third-order valence-electron chi connectivity index (χ3n) is 5.81. The van der Waals surface area contributed by atoms with Crippen LogP contribution in [0.2, 0.25) is 5.02 Å². The fourth-order valence-electron chi connectivity index (χ4n) is 4.40. The Kier molecular flexibility index (Phi) is 5.53. The van der Waals surface area contributed by atoms with Crippen molar-refractivity contribution in [1.82, 2.24) is 14.8 Å². The number of halogens is 1. The van der Waals surface area contributed by atoms with E-state index in [4.69, 9.17) is 11.6 Å². The minimum Gasteiger partial charge on any atom is -0.341 e. The van der Waals surface area contributed by atoms with Crippen LogP contribution < -0.4 is 5.32 Å². The van der Waals surface area contributed by atoms with Crippen LogP contribution in [0.1, 0.15) is 32.0 Å². The molecule has 4 heteroatoms. The smallest absolute Gasteiger partial charge is 0.0494 e. The van der Waals surface area contributed by atoms with Crippen LogP contribution in [0.15, 0.2) is 48.5 Å². The number of rotatable bonds is 6. The number of hydrogen-bond acceptors (Lipinski definition) is 2. The van der Waals surface area contributed by atoms with E-state index >= 15 is 0 Å². The maximum absolute atomic E-state index is 6.39. The molecule has 0 saturated carbocycles. The molecule has 4 rings (SSSR count). The summed E-state index contributed by atoms with van der Waals surface area (Å²) in [5.41, 5.74) is 5.32. The average molecular weight is 382 g/mol. The second-order valence-electron chi connectivity index (χ2n) is 7.26. The van der Waals surface area contributed by atoms with Crippen LogP contribution in [0.4, 0.5) is 0 Å². The maximum Gasteiger partial charge on any atom is 0.0494 e. The van der Waals surface area contributed by atoms with Gasteiger partial charge in [-0.2, -0.15) is 0 Å². The van der Waals surface area contributed by atoms with E-state index in [2.05, 4.69) is 71.1 Å². The molecule has 1 N–H and O–H groups in total. The molecule has 142 valence electrons. The number of nitrogens with one attached hydrogen (secondary N) is 1. The van der Waals surface area contributed by atoms with Crippen molar-refractivity contribution < 1.29 is 0 Å². The third kappa shape index (κ3) is 3.52. The highest BCUT2D eigenvalue weighted by Gasteiger charge is 2.28. The van der Waals surface area contributed by atoms with E-state index in [1.807, 2.05) is 6.07 Å². The molecule has 0 fully saturated rings. The number of aromatic nitrogens is 1. The minimum absolute atomic E-state index is 0.362. The second kappa shape index (κ2) is 8.05. The first-order chi connectivity index (χ1) is 13.2. The lowest BCUT2D eigenvalue weighted by Crippen LogP contribution is -2.36. The summed E-state index contributed by atoms with van der Waals surface area (Å²) in [7, 11) is 0. The molecule has 1 atom stereocenters. The van der Waals surface area contributed by atoms with Gasteiger partial charge in [0, 0.05) is 46.3 Å². The lowest BCUT2D eigenvalue weighted by Gasteiger charge is -2.30. The van der Waals surface area contributed by atoms with Gasteiger partial charge in [0.25, 0.3) is 0 Å². The quantitative estimate of drug-likeness (QED) is 0.622. The number of hydrogen-bond donors (Lipinski definition) is 1. The van der Waals surface area contributed by atoms with Crippen molar-refractivity contribution in [3.05, 3.63) is 59.2 Å². The van der Waals surface area contributed by atoms with Crippen LogP contribution in [0.5, 0.6) is 0 Å². The molecular formula is C23H28ClN3. The standard InChI is InChI=1S/C23H28ClN3/c1-3-26(4-2)14-12-20-23-22(17-8-6-5-7-9-17)19-16-18(24)10-11-21(19)27(23)15-13-25-20/h5-11,16,20,25H,3-4,12-15H2,1-2H3. The second-order valence-corrected chi connectivity index (χ2v) is 7.70. The number of fused-ring (bicyclic) bond motifs is 3. The minimum atomic E-state index is 0.362. The third-order valence-corrected chi connectivity index (χ3v) is 6.05. The van der Waals surface area contributed by atoms with E-state index in [9.17, 15) is 0 Å². The zero-order chi connectivity index (χ0) is 18.8. The Morgan fingerprint density at radius 3 is 2.63 bits per heavy atom. The van der Waals surface area contributed by atoms with Crippen molar-refractivity contribution in [1.29, 1.82) is 0 Å². The molecule has 0 radical (unpaired) electrons. The van der Waals surface area contributed by atoms with Gasteiger partial charge in [-0.15, -0.1) is 0 Å². The Bertz CT molecular complexity index is 912. The first-order valence-electron chi connectivity index (χ1n) is 10.1. The van der Waals surface area contributed by atoms with Gasteiger partial charge in [0.05, 0.1) is 0 Å². The first kappa shape index (κ1) is 18.5. The monoisotopic (exact) mass is 381 g/mol. The van der Waals surface area contributed by atoms with Crippen LogP contribution in [-0.2, 0) is 6.54 Å². The normalized spacial score (nSPS) is 16.8. The largest absolute Gasteiger partial charge is 0.341 e. The summed E-state index contributed by atoms with van der Waals surface area (Å²) in [6.07, 6.45) is 1.12. The lowest BCUT2D eigenvalue weighted by molar-refractivity contribution is 0.273. The summed E-state index contributed by atoms with van der Waals surface area (Å²) >= 11 is 6.39. The first-order valence-corrected chi connectivity index (χ1v) is 10.4. The zero-order valence-electron chi connectivity index (χ0n) is 16.2. The van der Waals surface area contributed by atoms with Crippen LogP contribution >= 0.6 is 11.6 Å². The van der Waals surface area contributed by atoms with E-state index in [1.165, 1.54) is 27.7 Å². The van der Waals surface area contributed by atoms with Gasteiger partial charge in [0.1, 0.15) is 0 Å². The molecule has 2 aromatic carbocycles. The molecule has 3 nitrogen and oxygen atoms in total. The lowest BCUT2D eigenvalue weighted by atomic mass is 9.96. The highest BCUT2D eigenvalue weighted by atomic mass is 35.5. The van der Waals surface area contributed by atoms with E-state index in [0.717, 1.165) is 44.2 Å². The molecule has 1 aliphatic rings. The van der Waals surface area contributed by atoms with Gasteiger partial charge in [0.15, 0.2) is 0 Å². The fourth-order valence-corrected chi connectivity index (χ4v) is 4.57. The Labute approximate surface area is 166 Å². The molecule has 0 aliphatic carbocycles. The van der Waals surface area contributed by atoms with Crippen molar-refractivity contribution in [3.8, 4) is 11.1 Å². The Morgan fingerprint density at radius 2 is 1.89 bits per heavy atom. The predicted octanol–water partition coefficient (Wildman–Crippen LogP) is 5.34. The van der Waals surface area contributed by atoms with Crippen molar-refractivity contribution >= 4 is 22.5 Å². The van der Waals surface area contributed by atoms with Crippen LogP contribution in [0.25, 0.3) is 22.0 Å². The summed E-state index contributed by atoms with van der Waals surface area (Å²) in [6.45, 7) is 9.82. The van der Waals surface area contributed by atoms with Gasteiger partial charge in [-0.05, 0) is 49.8 Å². The van der Waals surface area contributed by atoms with Crippen molar-refractivity contribution in [3.63, 3.8) is 0 Å². The topological polar surface area (TPSA) is 20.2 Å². The highest BCUT2D eigenvalue weighted by molar-refractivity contribution is 6.31. The molecule has 1 aromatic heterocycles. The Balaban J connectivity index is 1.85. The summed E-state index contributed by atoms with van der Waals surface area (Å²) < 4.78 is 2.51. The van der Waals surface area contributed by atoms with Gasteiger partial charge < -0.3 is 14.8 Å². The molecule has 1 unspecified atom stereocenters. The molecule has 0 spiro atoms. The van der Waals surface area contributed by atoms with Crippen LogP contribution in [0.3, 0.4) is 0 Å². The van der Waals surface area contributed by atoms with Crippen molar-refractivity contribution in [2.75, 3.05) is 26.2 Å². The van der Waals surface area contributed by atoms with Crippen molar-refractivity contribution in [2.24, 2.45) is 0 Å². The van der Waals surface area contributed by atoms with Gasteiger partial charge in [-0.25, -0.2) is 0 Å². The van der Waals surface area contributed by atoms with Crippen LogP contribution in [-0.4, -0.2) is 35.6 Å². The zero-order valence-corrected chi connectivity index (χ0v) is 17.0. The van der Waals surface area contributed by atoms with E-state index in [-0.39, 0.29) is 0 Å². The summed E-state index contributed by atoms with van der Waals surface area (Å²) in [5, 5.41) is 5.85. The molecule has 27 heavy (non-hydrogen) atoms. The Hall–Kier alpha value is -1.81. The fraction of sp³-hybridized carbons (Fsp3) is 0.391. The van der Waals surface area contributed by atoms with Crippen molar-refractivity contribution in [2.45, 2.75) is 32.9 Å². The number of benzene rings is 2. The van der Waals surface area contributed by atoms with Gasteiger partial charge in [-0.3, -0.25) is 0 Å². The van der Waals surface area contributed by atoms with E-state index < -0.39 is 0 Å². The highest BCUT2D eigenvalue weighted by Crippen LogP contribution is 2.41. The summed E-state index contributed by atoms with van der Waals surface area (Å²) in [5.74, 6) is 0. The molecule has 1 aliphatic heterocycles. The predicted molar refractivity (Wildman–Crippen MR) is 116 cm³/mol. The SMILES string of the molecule is CCN(CC)CCC1NCCn2c1c(-c1ccccc1)c1cc(Cl)ccc12. The summed E-state index contributed by atoms with van der Waals surface area (Å²) in [6, 6.07) is 17.4.